The number of H-pyrrole nitrogens is 2. The van der Waals surface area contributed by atoms with Crippen molar-refractivity contribution in [3.63, 3.8) is 0 Å². The van der Waals surface area contributed by atoms with Crippen molar-refractivity contribution in [3.05, 3.63) is 26.6 Å². The van der Waals surface area contributed by atoms with E-state index in [9.17, 15) is 4.79 Å². The van der Waals surface area contributed by atoms with Gasteiger partial charge in [0.05, 0.1) is 0 Å². The summed E-state index contributed by atoms with van der Waals surface area (Å²) in [5.41, 5.74) is -0.245. The van der Waals surface area contributed by atoms with E-state index in [4.69, 9.17) is 12.2 Å². The molecule has 2 heterocycles. The third kappa shape index (κ3) is 1.02. The molecule has 5 heteroatoms. The molecule has 3 nitrogen and oxygen atoms in total. The number of aromatic amines is 2. The van der Waals surface area contributed by atoms with Gasteiger partial charge in [-0.25, -0.2) is 4.79 Å². The van der Waals surface area contributed by atoms with Crippen LogP contribution in [0, 0.1) is 4.64 Å². The second kappa shape index (κ2) is 2.28. The molecule has 0 saturated heterocycles. The van der Waals surface area contributed by atoms with Crippen LogP contribution in [0.25, 0.3) is 10.2 Å². The molecule has 0 aliphatic rings. The van der Waals surface area contributed by atoms with Crippen LogP contribution in [0.15, 0.2) is 16.2 Å². The van der Waals surface area contributed by atoms with Gasteiger partial charge in [0.1, 0.15) is 9.47 Å². The minimum Gasteiger partial charge on any atom is -0.298 e. The molecule has 0 spiro atoms. The Labute approximate surface area is 70.7 Å². The Kier molecular flexibility index (Phi) is 1.40. The monoisotopic (exact) mass is 184 g/mol. The smallest absolute Gasteiger partial charge is 0.298 e. The highest BCUT2D eigenvalue weighted by molar-refractivity contribution is 7.71. The van der Waals surface area contributed by atoms with Crippen molar-refractivity contribution in [1.82, 2.24) is 9.97 Å². The fourth-order valence-electron chi connectivity index (χ4n) is 0.890. The van der Waals surface area contributed by atoms with Crippen LogP contribution in [0.3, 0.4) is 0 Å². The first-order valence-corrected chi connectivity index (χ1v) is 4.26. The highest BCUT2D eigenvalue weighted by atomic mass is 32.1. The van der Waals surface area contributed by atoms with Gasteiger partial charge in [0, 0.05) is 5.39 Å². The lowest BCUT2D eigenvalue weighted by molar-refractivity contribution is 1.12. The van der Waals surface area contributed by atoms with Gasteiger partial charge in [0.25, 0.3) is 0 Å². The largest absolute Gasteiger partial charge is 0.324 e. The van der Waals surface area contributed by atoms with Gasteiger partial charge in [-0.15, -0.1) is 11.3 Å². The lowest BCUT2D eigenvalue weighted by Crippen LogP contribution is -2.08. The van der Waals surface area contributed by atoms with E-state index >= 15 is 0 Å². The summed E-state index contributed by atoms with van der Waals surface area (Å²) < 4.78 is 0.505. The first kappa shape index (κ1) is 6.75. The molecule has 0 atom stereocenters. The van der Waals surface area contributed by atoms with Crippen molar-refractivity contribution in [2.75, 3.05) is 0 Å². The number of thiophene rings is 1. The summed E-state index contributed by atoms with van der Waals surface area (Å²) in [5.74, 6) is 0. The van der Waals surface area contributed by atoms with Crippen molar-refractivity contribution in [2.45, 2.75) is 0 Å². The first-order chi connectivity index (χ1) is 5.27. The fourth-order valence-corrected chi connectivity index (χ4v) is 2.01. The van der Waals surface area contributed by atoms with Crippen LogP contribution in [0.4, 0.5) is 0 Å². The molecule has 0 saturated carbocycles. The molecule has 2 aromatic rings. The van der Waals surface area contributed by atoms with Gasteiger partial charge in [-0.3, -0.25) is 9.97 Å². The minimum atomic E-state index is -0.245. The Bertz CT molecular complexity index is 493. The van der Waals surface area contributed by atoms with Gasteiger partial charge < -0.3 is 0 Å². The second-order valence-electron chi connectivity index (χ2n) is 2.07. The van der Waals surface area contributed by atoms with Crippen molar-refractivity contribution >= 4 is 33.8 Å². The highest BCUT2D eigenvalue weighted by Crippen LogP contribution is 2.15. The zero-order chi connectivity index (χ0) is 7.84. The van der Waals surface area contributed by atoms with Crippen LogP contribution in [0.5, 0.6) is 0 Å². The Balaban J connectivity index is 3.15. The topological polar surface area (TPSA) is 48.6 Å². The standard InChI is InChI=1S/C6H4N2OS2/c9-6-7-4(10)3-1-2-11-5(3)8-6/h1-2H,(H2,7,8,9,10). The molecule has 0 unspecified atom stereocenters. The maximum atomic E-state index is 10.8. The average molecular weight is 184 g/mol. The van der Waals surface area contributed by atoms with Gasteiger partial charge in [0.2, 0.25) is 0 Å². The molecule has 0 aliphatic heterocycles. The Morgan fingerprint density at radius 1 is 1.45 bits per heavy atom. The Morgan fingerprint density at radius 2 is 2.27 bits per heavy atom. The van der Waals surface area contributed by atoms with Crippen LogP contribution in [0.1, 0.15) is 0 Å². The maximum absolute atomic E-state index is 10.8. The summed E-state index contributed by atoms with van der Waals surface area (Å²) in [6.45, 7) is 0. The maximum Gasteiger partial charge on any atom is 0.324 e. The van der Waals surface area contributed by atoms with Crippen LogP contribution < -0.4 is 5.69 Å². The lowest BCUT2D eigenvalue weighted by Gasteiger charge is -1.86. The summed E-state index contributed by atoms with van der Waals surface area (Å²) in [7, 11) is 0. The Hall–Kier alpha value is -0.940. The van der Waals surface area contributed by atoms with Gasteiger partial charge in [-0.05, 0) is 11.4 Å². The summed E-state index contributed by atoms with van der Waals surface area (Å²) >= 11 is 6.40. The van der Waals surface area contributed by atoms with Crippen molar-refractivity contribution in [3.8, 4) is 0 Å². The third-order valence-corrected chi connectivity index (χ3v) is 2.52. The number of hydrogen-bond acceptors (Lipinski definition) is 3. The van der Waals surface area contributed by atoms with E-state index in [-0.39, 0.29) is 5.69 Å². The molecular formula is C6H4N2OS2. The molecule has 0 bridgehead atoms. The molecule has 0 fully saturated rings. The minimum absolute atomic E-state index is 0.245. The van der Waals surface area contributed by atoms with E-state index in [0.717, 1.165) is 10.2 Å². The molecule has 2 N–H and O–H groups in total. The number of aromatic nitrogens is 2. The number of rotatable bonds is 0. The van der Waals surface area contributed by atoms with E-state index < -0.39 is 0 Å². The van der Waals surface area contributed by atoms with E-state index in [1.807, 2.05) is 11.4 Å². The van der Waals surface area contributed by atoms with Gasteiger partial charge in [0.15, 0.2) is 0 Å². The number of nitrogens with one attached hydrogen (secondary N) is 2. The molecule has 2 aromatic heterocycles. The SMILES string of the molecule is O=c1[nH]c(=S)c2ccsc2[nH]1. The molecule has 2 rings (SSSR count). The molecule has 0 amide bonds. The van der Waals surface area contributed by atoms with E-state index in [2.05, 4.69) is 9.97 Å². The summed E-state index contributed by atoms with van der Waals surface area (Å²) in [4.78, 5) is 16.8. The van der Waals surface area contributed by atoms with Crippen LogP contribution in [0.2, 0.25) is 0 Å². The predicted octanol–water partition coefficient (Wildman–Crippen LogP) is 1.65. The van der Waals surface area contributed by atoms with Gasteiger partial charge in [-0.2, -0.15) is 0 Å². The van der Waals surface area contributed by atoms with Gasteiger partial charge in [-0.1, -0.05) is 12.2 Å². The van der Waals surface area contributed by atoms with E-state index in [1.165, 1.54) is 11.3 Å². The molecule has 0 aromatic carbocycles. The zero-order valence-corrected chi connectivity index (χ0v) is 7.01. The van der Waals surface area contributed by atoms with E-state index in [1.54, 1.807) is 0 Å². The predicted molar refractivity (Wildman–Crippen MR) is 47.6 cm³/mol. The van der Waals surface area contributed by atoms with Crippen molar-refractivity contribution in [1.29, 1.82) is 0 Å². The van der Waals surface area contributed by atoms with Gasteiger partial charge >= 0.3 is 5.69 Å². The molecular weight excluding hydrogens is 180 g/mol. The quantitative estimate of drug-likeness (QED) is 0.611. The van der Waals surface area contributed by atoms with Crippen LogP contribution >= 0.6 is 23.6 Å². The summed E-state index contributed by atoms with van der Waals surface area (Å²) in [6, 6.07) is 1.88. The van der Waals surface area contributed by atoms with Crippen molar-refractivity contribution < 1.29 is 0 Å². The normalized spacial score (nSPS) is 10.5. The highest BCUT2D eigenvalue weighted by Gasteiger charge is 1.96. The molecule has 56 valence electrons. The average Bonchev–Trinajstić information content (AvgIpc) is 2.34. The van der Waals surface area contributed by atoms with Crippen molar-refractivity contribution in [2.24, 2.45) is 0 Å². The molecule has 0 radical (unpaired) electrons. The second-order valence-corrected chi connectivity index (χ2v) is 3.40. The van der Waals surface area contributed by atoms with Crippen LogP contribution in [-0.4, -0.2) is 9.97 Å². The Morgan fingerprint density at radius 3 is 3.09 bits per heavy atom. The molecule has 0 aliphatic carbocycles. The fraction of sp³-hybridized carbons (Fsp3) is 0. The molecule has 11 heavy (non-hydrogen) atoms. The number of hydrogen-bond donors (Lipinski definition) is 2. The summed E-state index contributed by atoms with van der Waals surface area (Å²) in [5, 5.41) is 2.80. The third-order valence-electron chi connectivity index (χ3n) is 1.36. The summed E-state index contributed by atoms with van der Waals surface area (Å²) in [6.07, 6.45) is 0. The zero-order valence-electron chi connectivity index (χ0n) is 5.38. The first-order valence-electron chi connectivity index (χ1n) is 2.97. The number of fused-ring (bicyclic) bond motifs is 1. The van der Waals surface area contributed by atoms with E-state index in [0.29, 0.717) is 4.64 Å². The van der Waals surface area contributed by atoms with Crippen LogP contribution in [-0.2, 0) is 0 Å². The lowest BCUT2D eigenvalue weighted by atomic mass is 10.4.